The van der Waals surface area contributed by atoms with Gasteiger partial charge in [0.1, 0.15) is 0 Å². The van der Waals surface area contributed by atoms with Crippen molar-refractivity contribution in [2.24, 2.45) is 11.5 Å². The molecule has 0 aliphatic heterocycles. The maximum atomic E-state index is 5.70. The zero-order chi connectivity index (χ0) is 25.5. The van der Waals surface area contributed by atoms with Crippen LogP contribution in [0, 0.1) is 0 Å². The molecule has 0 aliphatic carbocycles. The van der Waals surface area contributed by atoms with Crippen molar-refractivity contribution in [2.75, 3.05) is 45.8 Å². The minimum Gasteiger partial charge on any atom is -0.330 e. The van der Waals surface area contributed by atoms with Crippen molar-refractivity contribution in [2.45, 2.75) is 135 Å². The highest BCUT2D eigenvalue weighted by Crippen LogP contribution is 2.09. The molecule has 35 heavy (non-hydrogen) atoms. The zero-order valence-electron chi connectivity index (χ0n) is 23.8. The average molecular weight is 496 g/mol. The molecule has 0 radical (unpaired) electrons. The maximum Gasteiger partial charge on any atom is 0.00795 e. The number of unbranched alkanes of at least 4 members (excludes halogenated alkanes) is 12. The minimum absolute atomic E-state index is 0.537. The number of hydrogen-bond acceptors (Lipinski definition) is 5. The van der Waals surface area contributed by atoms with Crippen LogP contribution in [0.3, 0.4) is 0 Å². The highest BCUT2D eigenvalue weighted by atomic mass is 14.9. The number of nitrogens with one attached hydrogen (secondary N) is 3. The van der Waals surface area contributed by atoms with E-state index in [1.807, 2.05) is 0 Å². The van der Waals surface area contributed by atoms with E-state index in [4.69, 9.17) is 11.5 Å². The quantitative estimate of drug-likeness (QED) is 0.0620. The Kier molecular flexibility index (Phi) is 31.2. The summed E-state index contributed by atoms with van der Waals surface area (Å²) in [5, 5.41) is 10.8. The third-order valence-electron chi connectivity index (χ3n) is 6.81. The van der Waals surface area contributed by atoms with Crippen LogP contribution in [0.4, 0.5) is 0 Å². The van der Waals surface area contributed by atoms with Gasteiger partial charge in [-0.25, -0.2) is 0 Å². The second kappa shape index (κ2) is 31.6. The summed E-state index contributed by atoms with van der Waals surface area (Å²) in [7, 11) is 0. The van der Waals surface area contributed by atoms with Gasteiger partial charge in [-0.2, -0.15) is 0 Å². The monoisotopic (exact) mass is 496 g/mol. The fourth-order valence-electron chi connectivity index (χ4n) is 4.52. The van der Waals surface area contributed by atoms with Gasteiger partial charge in [0.2, 0.25) is 0 Å². The molecule has 1 unspecified atom stereocenters. The smallest absolute Gasteiger partial charge is 0.00795 e. The summed E-state index contributed by atoms with van der Waals surface area (Å²) in [6.45, 7) is 9.39. The lowest BCUT2D eigenvalue weighted by Gasteiger charge is -2.17. The van der Waals surface area contributed by atoms with Gasteiger partial charge in [-0.15, -0.1) is 0 Å². The molecule has 0 saturated heterocycles. The molecule has 0 aromatic heterocycles. The Bertz CT molecular complexity index is 402. The molecule has 1 atom stereocenters. The van der Waals surface area contributed by atoms with Gasteiger partial charge >= 0.3 is 0 Å². The SMILES string of the molecule is CCCCCCCCC=CCCCCCCCCNCCCNCCCNC(CCN)CCCN. The predicted octanol–water partition coefficient (Wildman–Crippen LogP) is 6.03. The second-order valence-corrected chi connectivity index (χ2v) is 10.3. The van der Waals surface area contributed by atoms with Gasteiger partial charge in [0.15, 0.2) is 0 Å². The van der Waals surface area contributed by atoms with Crippen molar-refractivity contribution in [3.05, 3.63) is 12.2 Å². The summed E-state index contributed by atoms with van der Waals surface area (Å²) in [6.07, 6.45) is 29.8. The van der Waals surface area contributed by atoms with Crippen LogP contribution in [0.15, 0.2) is 12.2 Å². The second-order valence-electron chi connectivity index (χ2n) is 10.3. The molecule has 0 aliphatic rings. The summed E-state index contributed by atoms with van der Waals surface area (Å²) in [5.41, 5.74) is 11.3. The van der Waals surface area contributed by atoms with E-state index in [0.717, 1.165) is 58.5 Å². The molecule has 0 spiro atoms. The molecule has 0 rings (SSSR count). The van der Waals surface area contributed by atoms with Crippen molar-refractivity contribution in [3.8, 4) is 0 Å². The summed E-state index contributed by atoms with van der Waals surface area (Å²) < 4.78 is 0. The first-order chi connectivity index (χ1) is 17.3. The van der Waals surface area contributed by atoms with E-state index in [-0.39, 0.29) is 0 Å². The Balaban J connectivity index is 3.18. The van der Waals surface area contributed by atoms with Gasteiger partial charge in [-0.05, 0) is 110 Å². The standard InChI is InChI=1S/C30H65N5/c1-2-3-4-5-6-7-8-9-10-11-12-13-14-15-16-17-25-33-26-19-27-34-28-20-29-35-30(22-24-32)21-18-23-31/h9-10,30,33-35H,2-8,11-29,31-32H2,1H3. The molecule has 210 valence electrons. The summed E-state index contributed by atoms with van der Waals surface area (Å²) in [6, 6.07) is 0.537. The van der Waals surface area contributed by atoms with Crippen LogP contribution in [0.2, 0.25) is 0 Å². The average Bonchev–Trinajstić information content (AvgIpc) is 2.87. The first-order valence-corrected chi connectivity index (χ1v) is 15.5. The number of allylic oxidation sites excluding steroid dienone is 2. The molecule has 7 N–H and O–H groups in total. The Hall–Kier alpha value is -0.460. The van der Waals surface area contributed by atoms with E-state index in [0.29, 0.717) is 6.04 Å². The zero-order valence-corrected chi connectivity index (χ0v) is 23.8. The summed E-state index contributed by atoms with van der Waals surface area (Å²) in [4.78, 5) is 0. The fraction of sp³-hybridized carbons (Fsp3) is 0.933. The minimum atomic E-state index is 0.537. The molecule has 0 amide bonds. The molecule has 0 heterocycles. The summed E-state index contributed by atoms with van der Waals surface area (Å²) in [5.74, 6) is 0. The van der Waals surface area contributed by atoms with Crippen LogP contribution in [0.25, 0.3) is 0 Å². The van der Waals surface area contributed by atoms with E-state index >= 15 is 0 Å². The first-order valence-electron chi connectivity index (χ1n) is 15.5. The predicted molar refractivity (Wildman–Crippen MR) is 158 cm³/mol. The third-order valence-corrected chi connectivity index (χ3v) is 6.81. The van der Waals surface area contributed by atoms with Gasteiger partial charge in [0.25, 0.3) is 0 Å². The molecular formula is C30H65N5. The van der Waals surface area contributed by atoms with Crippen molar-refractivity contribution < 1.29 is 0 Å². The lowest BCUT2D eigenvalue weighted by molar-refractivity contribution is 0.440. The van der Waals surface area contributed by atoms with Gasteiger partial charge < -0.3 is 27.4 Å². The number of rotatable bonds is 30. The van der Waals surface area contributed by atoms with E-state index in [1.54, 1.807) is 0 Å². The van der Waals surface area contributed by atoms with Crippen LogP contribution in [0.1, 0.15) is 129 Å². The van der Waals surface area contributed by atoms with Gasteiger partial charge in [-0.1, -0.05) is 76.9 Å². The van der Waals surface area contributed by atoms with Crippen molar-refractivity contribution in [1.82, 2.24) is 16.0 Å². The first kappa shape index (κ1) is 34.5. The van der Waals surface area contributed by atoms with E-state index < -0.39 is 0 Å². The van der Waals surface area contributed by atoms with Crippen LogP contribution in [0.5, 0.6) is 0 Å². The highest BCUT2D eigenvalue weighted by molar-refractivity contribution is 4.81. The van der Waals surface area contributed by atoms with Crippen LogP contribution >= 0.6 is 0 Å². The molecule has 0 aromatic rings. The Morgan fingerprint density at radius 3 is 1.60 bits per heavy atom. The fourth-order valence-corrected chi connectivity index (χ4v) is 4.52. The molecule has 0 saturated carbocycles. The van der Waals surface area contributed by atoms with Crippen molar-refractivity contribution in [1.29, 1.82) is 0 Å². The molecule has 0 bridgehead atoms. The topological polar surface area (TPSA) is 88.1 Å². The number of hydrogen-bond donors (Lipinski definition) is 5. The summed E-state index contributed by atoms with van der Waals surface area (Å²) >= 11 is 0. The molecule has 5 heteroatoms. The van der Waals surface area contributed by atoms with E-state index in [9.17, 15) is 0 Å². The molecule has 5 nitrogen and oxygen atoms in total. The maximum absolute atomic E-state index is 5.70. The van der Waals surface area contributed by atoms with Crippen molar-refractivity contribution >= 4 is 0 Å². The van der Waals surface area contributed by atoms with Gasteiger partial charge in [-0.3, -0.25) is 0 Å². The highest BCUT2D eigenvalue weighted by Gasteiger charge is 2.05. The normalized spacial score (nSPS) is 12.7. The van der Waals surface area contributed by atoms with E-state index in [2.05, 4.69) is 35.0 Å². The van der Waals surface area contributed by atoms with Gasteiger partial charge in [0, 0.05) is 6.04 Å². The number of nitrogens with two attached hydrogens (primary N) is 2. The van der Waals surface area contributed by atoms with Crippen LogP contribution in [-0.4, -0.2) is 51.9 Å². The van der Waals surface area contributed by atoms with Gasteiger partial charge in [0.05, 0.1) is 0 Å². The van der Waals surface area contributed by atoms with Crippen LogP contribution in [-0.2, 0) is 0 Å². The Labute approximate surface area is 220 Å². The van der Waals surface area contributed by atoms with E-state index in [1.165, 1.54) is 109 Å². The Morgan fingerprint density at radius 1 is 0.514 bits per heavy atom. The Morgan fingerprint density at radius 2 is 1.03 bits per heavy atom. The lowest BCUT2D eigenvalue weighted by atomic mass is 10.1. The largest absolute Gasteiger partial charge is 0.330 e. The molecule has 0 aromatic carbocycles. The molecular weight excluding hydrogens is 430 g/mol. The molecule has 0 fully saturated rings. The van der Waals surface area contributed by atoms with Crippen molar-refractivity contribution in [3.63, 3.8) is 0 Å². The third kappa shape index (κ3) is 29.7. The van der Waals surface area contributed by atoms with Crippen LogP contribution < -0.4 is 27.4 Å². The lowest BCUT2D eigenvalue weighted by Crippen LogP contribution is -2.34.